The number of anilines is 1. The van der Waals surface area contributed by atoms with Crippen molar-refractivity contribution in [2.24, 2.45) is 0 Å². The summed E-state index contributed by atoms with van der Waals surface area (Å²) in [6.45, 7) is 12.0. The zero-order valence-corrected chi connectivity index (χ0v) is 25.5. The number of ether oxygens (including phenoxy) is 1. The van der Waals surface area contributed by atoms with Gasteiger partial charge in [-0.3, -0.25) is 23.7 Å². The van der Waals surface area contributed by atoms with E-state index in [0.717, 1.165) is 27.7 Å². The van der Waals surface area contributed by atoms with E-state index < -0.39 is 15.5 Å². The van der Waals surface area contributed by atoms with Crippen molar-refractivity contribution >= 4 is 33.3 Å². The molecule has 1 amide bonds. The van der Waals surface area contributed by atoms with Crippen LogP contribution in [-0.2, 0) is 32.3 Å². The Labute approximate surface area is 248 Å². The molecule has 0 aliphatic carbocycles. The van der Waals surface area contributed by atoms with Crippen LogP contribution >= 0.6 is 0 Å². The minimum Gasteiger partial charge on any atom is -0.456 e. The molecule has 0 aliphatic rings. The van der Waals surface area contributed by atoms with Crippen LogP contribution in [0.3, 0.4) is 0 Å². The van der Waals surface area contributed by atoms with Crippen LogP contribution in [0.1, 0.15) is 51.4 Å². The topological polar surface area (TPSA) is 99.0 Å². The summed E-state index contributed by atoms with van der Waals surface area (Å²) in [5, 5.41) is 8.02. The fraction of sp³-hybridized carbons (Fsp3) is 0.273. The monoisotopic (exact) mass is 581 g/mol. The SMILES string of the molecule is Cc1cc(CC(=O)Nc2cnn(C(C)(C)C)c2)ccc1Oc1ccnc2ccc(S(=O)C(C)(C)c3ccccn3)cc12. The number of aryl methyl sites for hydroxylation is 1. The summed E-state index contributed by atoms with van der Waals surface area (Å²) in [7, 11) is -1.38. The molecule has 8 nitrogen and oxygen atoms in total. The average Bonchev–Trinajstić information content (AvgIpc) is 3.43. The highest BCUT2D eigenvalue weighted by molar-refractivity contribution is 7.86. The number of amides is 1. The number of aromatic nitrogens is 4. The van der Waals surface area contributed by atoms with Crippen LogP contribution < -0.4 is 10.1 Å². The Morgan fingerprint density at radius 3 is 2.45 bits per heavy atom. The summed E-state index contributed by atoms with van der Waals surface area (Å²) < 4.78 is 21.2. The standard InChI is InChI=1S/C33H35N5O3S/c1-22-17-23(18-31(39)37-24-20-36-38(21-24)32(2,3)4)10-13-28(22)41-29-14-16-34-27-12-11-25(19-26(27)29)42(40)33(5,6)30-9-7-8-15-35-30/h7-17,19-21H,18H2,1-6H3,(H,37,39). The highest BCUT2D eigenvalue weighted by Gasteiger charge is 2.31. The van der Waals surface area contributed by atoms with Crippen LogP contribution in [-0.4, -0.2) is 29.9 Å². The van der Waals surface area contributed by atoms with Gasteiger partial charge in [0.1, 0.15) is 11.5 Å². The van der Waals surface area contributed by atoms with Crippen LogP contribution in [0.25, 0.3) is 10.9 Å². The molecule has 3 heterocycles. The number of carbonyl (C=O) groups excluding carboxylic acids is 1. The molecule has 0 radical (unpaired) electrons. The average molecular weight is 582 g/mol. The number of fused-ring (bicyclic) bond motifs is 1. The Balaban J connectivity index is 1.33. The summed E-state index contributed by atoms with van der Waals surface area (Å²) in [5.74, 6) is 1.16. The largest absolute Gasteiger partial charge is 0.456 e. The number of benzene rings is 2. The maximum Gasteiger partial charge on any atom is 0.228 e. The molecule has 5 rings (SSSR count). The number of nitrogens with one attached hydrogen (secondary N) is 1. The molecule has 0 aliphatic heterocycles. The number of hydrogen-bond acceptors (Lipinski definition) is 6. The van der Waals surface area contributed by atoms with Gasteiger partial charge >= 0.3 is 0 Å². The summed E-state index contributed by atoms with van der Waals surface area (Å²) in [6.07, 6.45) is 7.13. The van der Waals surface area contributed by atoms with Crippen molar-refractivity contribution in [3.63, 3.8) is 0 Å². The van der Waals surface area contributed by atoms with Gasteiger partial charge in [0.25, 0.3) is 0 Å². The number of carbonyl (C=O) groups is 1. The summed E-state index contributed by atoms with van der Waals surface area (Å²) in [4.78, 5) is 22.3. The summed E-state index contributed by atoms with van der Waals surface area (Å²) in [5.41, 5.74) is 3.77. The number of hydrogen-bond donors (Lipinski definition) is 1. The molecule has 0 saturated carbocycles. The molecule has 9 heteroatoms. The smallest absolute Gasteiger partial charge is 0.228 e. The first kappa shape index (κ1) is 29.1. The lowest BCUT2D eigenvalue weighted by atomic mass is 10.1. The third-order valence-corrected chi connectivity index (χ3v) is 8.83. The second-order valence-electron chi connectivity index (χ2n) is 11.8. The molecule has 0 saturated heterocycles. The van der Waals surface area contributed by atoms with Gasteiger partial charge in [-0.25, -0.2) is 0 Å². The van der Waals surface area contributed by atoms with Crippen molar-refractivity contribution in [1.29, 1.82) is 0 Å². The first-order valence-corrected chi connectivity index (χ1v) is 14.9. The predicted molar refractivity (Wildman–Crippen MR) is 166 cm³/mol. The van der Waals surface area contributed by atoms with E-state index in [1.165, 1.54) is 0 Å². The van der Waals surface area contributed by atoms with Gasteiger partial charge in [-0.15, -0.1) is 0 Å². The molecule has 0 spiro atoms. The second-order valence-corrected chi connectivity index (χ2v) is 13.8. The minimum absolute atomic E-state index is 0.120. The Morgan fingerprint density at radius 2 is 1.76 bits per heavy atom. The molecule has 2 aromatic carbocycles. The lowest BCUT2D eigenvalue weighted by molar-refractivity contribution is -0.115. The van der Waals surface area contributed by atoms with Gasteiger partial charge in [0, 0.05) is 28.9 Å². The second kappa shape index (κ2) is 11.5. The Kier molecular flexibility index (Phi) is 7.97. The fourth-order valence-electron chi connectivity index (χ4n) is 4.61. The Hall–Kier alpha value is -4.37. The molecule has 1 N–H and O–H groups in total. The van der Waals surface area contributed by atoms with Gasteiger partial charge in [-0.05, 0) is 95.1 Å². The molecule has 5 aromatic rings. The van der Waals surface area contributed by atoms with Crippen molar-refractivity contribution in [3.05, 3.63) is 102 Å². The molecule has 1 unspecified atom stereocenters. The minimum atomic E-state index is -1.38. The molecule has 1 atom stereocenters. The van der Waals surface area contributed by atoms with Crippen LogP contribution in [0, 0.1) is 6.92 Å². The fourth-order valence-corrected chi connectivity index (χ4v) is 5.93. The van der Waals surface area contributed by atoms with Gasteiger partial charge < -0.3 is 10.1 Å². The summed E-state index contributed by atoms with van der Waals surface area (Å²) >= 11 is 0. The van der Waals surface area contributed by atoms with E-state index in [-0.39, 0.29) is 17.9 Å². The van der Waals surface area contributed by atoms with Crippen LogP contribution in [0.2, 0.25) is 0 Å². The van der Waals surface area contributed by atoms with E-state index in [2.05, 4.69) is 41.2 Å². The zero-order chi connectivity index (χ0) is 30.1. The van der Waals surface area contributed by atoms with E-state index >= 15 is 0 Å². The maximum atomic E-state index is 13.7. The first-order valence-electron chi connectivity index (χ1n) is 13.8. The van der Waals surface area contributed by atoms with Crippen molar-refractivity contribution in [2.75, 3.05) is 5.32 Å². The van der Waals surface area contributed by atoms with Gasteiger partial charge in [-0.1, -0.05) is 18.2 Å². The first-order chi connectivity index (χ1) is 19.9. The van der Waals surface area contributed by atoms with Gasteiger partial charge in [-0.2, -0.15) is 5.10 Å². The van der Waals surface area contributed by atoms with Crippen molar-refractivity contribution < 1.29 is 13.7 Å². The normalized spacial score (nSPS) is 12.7. The Bertz CT molecular complexity index is 1770. The predicted octanol–water partition coefficient (Wildman–Crippen LogP) is 6.91. The molecular formula is C33H35N5O3S. The molecule has 216 valence electrons. The quantitative estimate of drug-likeness (QED) is 0.214. The van der Waals surface area contributed by atoms with E-state index in [1.54, 1.807) is 24.7 Å². The van der Waals surface area contributed by atoms with Gasteiger partial charge in [0.2, 0.25) is 5.91 Å². The number of rotatable bonds is 8. The van der Waals surface area contributed by atoms with Crippen molar-refractivity contribution in [1.82, 2.24) is 19.7 Å². The van der Waals surface area contributed by atoms with Gasteiger partial charge in [0.05, 0.1) is 50.6 Å². The van der Waals surface area contributed by atoms with E-state index in [9.17, 15) is 9.00 Å². The Morgan fingerprint density at radius 1 is 0.952 bits per heavy atom. The van der Waals surface area contributed by atoms with Crippen molar-refractivity contribution in [2.45, 2.75) is 63.1 Å². The third-order valence-electron chi connectivity index (χ3n) is 7.01. The van der Waals surface area contributed by atoms with E-state index in [1.807, 2.05) is 86.2 Å². The van der Waals surface area contributed by atoms with E-state index in [0.29, 0.717) is 22.1 Å². The van der Waals surface area contributed by atoms with Crippen molar-refractivity contribution in [3.8, 4) is 11.5 Å². The summed E-state index contributed by atoms with van der Waals surface area (Å²) in [6, 6.07) is 18.8. The maximum absolute atomic E-state index is 13.7. The van der Waals surface area contributed by atoms with E-state index in [4.69, 9.17) is 4.74 Å². The molecule has 0 bridgehead atoms. The molecule has 42 heavy (non-hydrogen) atoms. The lowest BCUT2D eigenvalue weighted by Gasteiger charge is -2.23. The number of pyridine rings is 2. The molecular weight excluding hydrogens is 546 g/mol. The lowest BCUT2D eigenvalue weighted by Crippen LogP contribution is -2.25. The number of nitrogens with zero attached hydrogens (tertiary/aromatic N) is 4. The van der Waals surface area contributed by atoms with Crippen LogP contribution in [0.4, 0.5) is 5.69 Å². The zero-order valence-electron chi connectivity index (χ0n) is 24.7. The van der Waals surface area contributed by atoms with Gasteiger partial charge in [0.15, 0.2) is 0 Å². The molecule has 3 aromatic heterocycles. The van der Waals surface area contributed by atoms with Crippen LogP contribution in [0.5, 0.6) is 11.5 Å². The molecule has 0 fully saturated rings. The highest BCUT2D eigenvalue weighted by Crippen LogP contribution is 2.35. The highest BCUT2D eigenvalue weighted by atomic mass is 32.2. The van der Waals surface area contributed by atoms with Crippen LogP contribution in [0.15, 0.2) is 90.3 Å². The third kappa shape index (κ3) is 6.26.